The summed E-state index contributed by atoms with van der Waals surface area (Å²) in [6.07, 6.45) is -1.89. The lowest BCUT2D eigenvalue weighted by Gasteiger charge is -2.13. The van der Waals surface area contributed by atoms with Gasteiger partial charge in [0.25, 0.3) is 0 Å². The Kier molecular flexibility index (Phi) is 6.94. The van der Waals surface area contributed by atoms with Crippen molar-refractivity contribution < 1.29 is 13.2 Å². The van der Waals surface area contributed by atoms with Crippen LogP contribution >= 0.6 is 11.6 Å². The molecule has 0 amide bonds. The topological polar surface area (TPSA) is 37.8 Å². The van der Waals surface area contributed by atoms with E-state index in [9.17, 15) is 13.2 Å². The molecule has 3 nitrogen and oxygen atoms in total. The van der Waals surface area contributed by atoms with Crippen molar-refractivity contribution in [3.8, 4) is 0 Å². The second-order valence-electron chi connectivity index (χ2n) is 7.68. The maximum absolute atomic E-state index is 13.1. The average Bonchev–Trinajstić information content (AvgIpc) is 2.81. The molecule has 0 atom stereocenters. The van der Waals surface area contributed by atoms with Crippen molar-refractivity contribution in [3.05, 3.63) is 124 Å². The molecule has 3 aromatic carbocycles. The molecule has 0 unspecified atom stereocenters. The standard InChI is InChI=1S/C26H21ClF3N3/c27-23-11-9-18(10-12-23)15-24-21(13-20-7-4-8-22(14-20)26(28,29)30)17-32-25(33-24)31-16-19-5-2-1-3-6-19/h1-12,14,17H,13,15-16H2,(H,31,32,33). The van der Waals surface area contributed by atoms with E-state index in [1.54, 1.807) is 24.4 Å². The van der Waals surface area contributed by atoms with Gasteiger partial charge in [0.15, 0.2) is 0 Å². The third-order valence-corrected chi connectivity index (χ3v) is 5.43. The fourth-order valence-corrected chi connectivity index (χ4v) is 3.60. The lowest BCUT2D eigenvalue weighted by Crippen LogP contribution is -2.09. The van der Waals surface area contributed by atoms with Gasteiger partial charge < -0.3 is 5.32 Å². The highest BCUT2D eigenvalue weighted by Crippen LogP contribution is 2.30. The average molecular weight is 468 g/mol. The lowest BCUT2D eigenvalue weighted by atomic mass is 9.99. The highest BCUT2D eigenvalue weighted by atomic mass is 35.5. The van der Waals surface area contributed by atoms with Gasteiger partial charge in [0, 0.05) is 30.6 Å². The smallest absolute Gasteiger partial charge is 0.350 e. The van der Waals surface area contributed by atoms with Crippen LogP contribution in [-0.4, -0.2) is 9.97 Å². The van der Waals surface area contributed by atoms with Crippen molar-refractivity contribution in [1.29, 1.82) is 0 Å². The predicted molar refractivity (Wildman–Crippen MR) is 124 cm³/mol. The van der Waals surface area contributed by atoms with Crippen molar-refractivity contribution in [1.82, 2.24) is 9.97 Å². The quantitative estimate of drug-likeness (QED) is 0.320. The summed E-state index contributed by atoms with van der Waals surface area (Å²) in [5, 5.41) is 3.86. The van der Waals surface area contributed by atoms with Crippen LogP contribution in [0.4, 0.5) is 19.1 Å². The Morgan fingerprint density at radius 2 is 1.52 bits per heavy atom. The van der Waals surface area contributed by atoms with Crippen molar-refractivity contribution in [2.24, 2.45) is 0 Å². The van der Waals surface area contributed by atoms with Crippen LogP contribution in [0.2, 0.25) is 5.02 Å². The largest absolute Gasteiger partial charge is 0.416 e. The van der Waals surface area contributed by atoms with Crippen LogP contribution in [0.5, 0.6) is 0 Å². The Balaban J connectivity index is 1.61. The first kappa shape index (κ1) is 22.8. The van der Waals surface area contributed by atoms with Gasteiger partial charge in [-0.25, -0.2) is 9.97 Å². The first-order valence-corrected chi connectivity index (χ1v) is 10.8. The summed E-state index contributed by atoms with van der Waals surface area (Å²) in [4.78, 5) is 9.11. The summed E-state index contributed by atoms with van der Waals surface area (Å²) in [6, 6.07) is 22.7. The minimum absolute atomic E-state index is 0.297. The number of nitrogens with zero attached hydrogens (tertiary/aromatic N) is 2. The number of nitrogens with one attached hydrogen (secondary N) is 1. The molecule has 1 N–H and O–H groups in total. The first-order valence-electron chi connectivity index (χ1n) is 10.4. The van der Waals surface area contributed by atoms with Gasteiger partial charge in [-0.3, -0.25) is 0 Å². The minimum atomic E-state index is -4.39. The fourth-order valence-electron chi connectivity index (χ4n) is 3.48. The number of hydrogen-bond acceptors (Lipinski definition) is 3. The van der Waals surface area contributed by atoms with E-state index in [0.29, 0.717) is 35.9 Å². The molecular formula is C26H21ClF3N3. The number of rotatable bonds is 7. The Labute approximate surface area is 195 Å². The molecular weight excluding hydrogens is 447 g/mol. The zero-order valence-corrected chi connectivity index (χ0v) is 18.4. The van der Waals surface area contributed by atoms with Gasteiger partial charge in [-0.05, 0) is 40.5 Å². The molecule has 0 saturated heterocycles. The Hall–Kier alpha value is -3.38. The molecule has 0 radical (unpaired) electrons. The SMILES string of the molecule is FC(F)(F)c1cccc(Cc2cnc(NCc3ccccc3)nc2Cc2ccc(Cl)cc2)c1. The maximum Gasteiger partial charge on any atom is 0.416 e. The predicted octanol–water partition coefficient (Wildman–Crippen LogP) is 6.94. The monoisotopic (exact) mass is 467 g/mol. The van der Waals surface area contributed by atoms with Gasteiger partial charge in [0.05, 0.1) is 11.3 Å². The fraction of sp³-hybridized carbons (Fsp3) is 0.154. The normalized spacial score (nSPS) is 11.4. The van der Waals surface area contributed by atoms with E-state index in [0.717, 1.165) is 28.5 Å². The van der Waals surface area contributed by atoms with E-state index >= 15 is 0 Å². The Morgan fingerprint density at radius 3 is 2.24 bits per heavy atom. The molecule has 0 saturated carbocycles. The third-order valence-electron chi connectivity index (χ3n) is 5.18. The van der Waals surface area contributed by atoms with Crippen LogP contribution in [0.15, 0.2) is 85.1 Å². The molecule has 0 fully saturated rings. The summed E-state index contributed by atoms with van der Waals surface area (Å²) in [5.74, 6) is 0.468. The van der Waals surface area contributed by atoms with Gasteiger partial charge in [-0.15, -0.1) is 0 Å². The zero-order chi connectivity index (χ0) is 23.3. The maximum atomic E-state index is 13.1. The molecule has 0 aliphatic heterocycles. The molecule has 0 aliphatic rings. The number of aromatic nitrogens is 2. The van der Waals surface area contributed by atoms with Crippen LogP contribution < -0.4 is 5.32 Å². The summed E-state index contributed by atoms with van der Waals surface area (Å²) < 4.78 is 39.4. The summed E-state index contributed by atoms with van der Waals surface area (Å²) in [5.41, 5.74) is 3.50. The van der Waals surface area contributed by atoms with Crippen LogP contribution in [-0.2, 0) is 25.6 Å². The number of anilines is 1. The van der Waals surface area contributed by atoms with E-state index in [2.05, 4.69) is 10.3 Å². The van der Waals surface area contributed by atoms with Crippen molar-refractivity contribution in [3.63, 3.8) is 0 Å². The molecule has 4 rings (SSSR count). The van der Waals surface area contributed by atoms with Gasteiger partial charge in [-0.2, -0.15) is 13.2 Å². The van der Waals surface area contributed by atoms with Gasteiger partial charge in [-0.1, -0.05) is 72.3 Å². The van der Waals surface area contributed by atoms with E-state index in [1.165, 1.54) is 12.1 Å². The molecule has 4 aromatic rings. The molecule has 7 heteroatoms. The highest BCUT2D eigenvalue weighted by molar-refractivity contribution is 6.30. The van der Waals surface area contributed by atoms with Gasteiger partial charge >= 0.3 is 6.18 Å². The van der Waals surface area contributed by atoms with Crippen molar-refractivity contribution in [2.75, 3.05) is 5.32 Å². The molecule has 33 heavy (non-hydrogen) atoms. The molecule has 0 bridgehead atoms. The number of alkyl halides is 3. The Morgan fingerprint density at radius 1 is 0.788 bits per heavy atom. The van der Waals surface area contributed by atoms with Crippen LogP contribution in [0.3, 0.4) is 0 Å². The van der Waals surface area contributed by atoms with E-state index in [1.807, 2.05) is 42.5 Å². The molecule has 1 aromatic heterocycles. The van der Waals surface area contributed by atoms with Crippen LogP contribution in [0, 0.1) is 0 Å². The molecule has 1 heterocycles. The summed E-state index contributed by atoms with van der Waals surface area (Å²) >= 11 is 6.00. The second kappa shape index (κ2) is 10.0. The number of hydrogen-bond donors (Lipinski definition) is 1. The third kappa shape index (κ3) is 6.33. The molecule has 168 valence electrons. The van der Waals surface area contributed by atoms with E-state index in [-0.39, 0.29) is 0 Å². The highest BCUT2D eigenvalue weighted by Gasteiger charge is 2.30. The van der Waals surface area contributed by atoms with Crippen molar-refractivity contribution in [2.45, 2.75) is 25.6 Å². The van der Waals surface area contributed by atoms with Gasteiger partial charge in [0.2, 0.25) is 5.95 Å². The zero-order valence-electron chi connectivity index (χ0n) is 17.6. The number of halogens is 4. The molecule has 0 spiro atoms. The summed E-state index contributed by atoms with van der Waals surface area (Å²) in [7, 11) is 0. The second-order valence-corrected chi connectivity index (χ2v) is 8.12. The number of benzene rings is 3. The Bertz CT molecular complexity index is 1210. The van der Waals surface area contributed by atoms with Crippen molar-refractivity contribution >= 4 is 17.5 Å². The molecule has 0 aliphatic carbocycles. The van der Waals surface area contributed by atoms with E-state index in [4.69, 9.17) is 16.6 Å². The lowest BCUT2D eigenvalue weighted by molar-refractivity contribution is -0.137. The van der Waals surface area contributed by atoms with Gasteiger partial charge in [0.1, 0.15) is 0 Å². The van der Waals surface area contributed by atoms with Crippen LogP contribution in [0.25, 0.3) is 0 Å². The summed E-state index contributed by atoms with van der Waals surface area (Å²) in [6.45, 7) is 0.564. The van der Waals surface area contributed by atoms with Crippen LogP contribution in [0.1, 0.15) is 33.5 Å². The van der Waals surface area contributed by atoms with E-state index < -0.39 is 11.7 Å². The first-order chi connectivity index (χ1) is 15.9. The minimum Gasteiger partial charge on any atom is -0.350 e.